The van der Waals surface area contributed by atoms with Gasteiger partial charge in [0.25, 0.3) is 0 Å². The maximum atomic E-state index is 14.2. The molecule has 2 amide bonds. The lowest BCUT2D eigenvalue weighted by molar-refractivity contribution is -0.139. The van der Waals surface area contributed by atoms with Crippen molar-refractivity contribution in [2.75, 3.05) is 20.3 Å². The highest BCUT2D eigenvalue weighted by Gasteiger charge is 2.36. The van der Waals surface area contributed by atoms with Gasteiger partial charge in [-0.15, -0.1) is 0 Å². The molecule has 13 heteroatoms. The van der Waals surface area contributed by atoms with Crippen molar-refractivity contribution < 1.29 is 41.1 Å². The molecule has 2 heterocycles. The normalized spacial score (nSPS) is 16.1. The number of carbonyl (C=O) groups excluding carboxylic acids is 3. The number of hydrogen-bond donors (Lipinski definition) is 3. The van der Waals surface area contributed by atoms with Crippen LogP contribution in [0.25, 0.3) is 0 Å². The average Bonchev–Trinajstić information content (AvgIpc) is 3.32. The predicted molar refractivity (Wildman–Crippen MR) is 110 cm³/mol. The molecule has 0 saturated carbocycles. The second-order valence-corrected chi connectivity index (χ2v) is 8.47. The van der Waals surface area contributed by atoms with E-state index >= 15 is 0 Å². The lowest BCUT2D eigenvalue weighted by Crippen LogP contribution is -2.47. The first-order valence-corrected chi connectivity index (χ1v) is 11.1. The van der Waals surface area contributed by atoms with E-state index < -0.39 is 52.0 Å². The maximum absolute atomic E-state index is 14.2. The number of furan rings is 1. The van der Waals surface area contributed by atoms with E-state index in [0.29, 0.717) is 0 Å². The molecule has 1 unspecified atom stereocenters. The summed E-state index contributed by atoms with van der Waals surface area (Å²) in [4.78, 5) is 36.9. The van der Waals surface area contributed by atoms with E-state index in [1.807, 2.05) is 0 Å². The summed E-state index contributed by atoms with van der Waals surface area (Å²) in [5, 5.41) is 4.89. The van der Waals surface area contributed by atoms with Crippen LogP contribution in [0.2, 0.25) is 0 Å². The number of hydrogen-bond acceptors (Lipinski definition) is 8. The van der Waals surface area contributed by atoms with E-state index in [1.165, 1.54) is 12.3 Å². The van der Waals surface area contributed by atoms with Crippen molar-refractivity contribution in [2.24, 2.45) is 0 Å². The van der Waals surface area contributed by atoms with Gasteiger partial charge >= 0.3 is 18.0 Å². The lowest BCUT2D eigenvalue weighted by atomic mass is 10.0. The largest absolute Gasteiger partial charge is 0.467 e. The van der Waals surface area contributed by atoms with Gasteiger partial charge in [-0.05, 0) is 44.3 Å². The number of benzene rings is 1. The fourth-order valence-electron chi connectivity index (χ4n) is 3.01. The van der Waals surface area contributed by atoms with Gasteiger partial charge in [-0.1, -0.05) is 0 Å². The van der Waals surface area contributed by atoms with Gasteiger partial charge in [-0.25, -0.2) is 31.9 Å². The minimum absolute atomic E-state index is 0.0339. The molecule has 3 rings (SSSR count). The third-order valence-corrected chi connectivity index (χ3v) is 5.97. The van der Waals surface area contributed by atoms with E-state index in [1.54, 1.807) is 13.0 Å². The zero-order valence-corrected chi connectivity index (χ0v) is 18.3. The van der Waals surface area contributed by atoms with Crippen molar-refractivity contribution in [3.05, 3.63) is 65.0 Å². The molecule has 1 aromatic carbocycles. The van der Waals surface area contributed by atoms with E-state index in [2.05, 4.69) is 15.4 Å². The van der Waals surface area contributed by atoms with Crippen LogP contribution in [-0.2, 0) is 24.3 Å². The smallest absolute Gasteiger partial charge is 0.341 e. The number of rotatable bonds is 8. The van der Waals surface area contributed by atoms with Gasteiger partial charge < -0.3 is 24.5 Å². The first-order chi connectivity index (χ1) is 15.7. The van der Waals surface area contributed by atoms with Gasteiger partial charge in [-0.2, -0.15) is 0 Å². The number of urea groups is 1. The van der Waals surface area contributed by atoms with Gasteiger partial charge in [0.1, 0.15) is 24.2 Å². The van der Waals surface area contributed by atoms with Crippen LogP contribution in [0.15, 0.2) is 57.2 Å². The summed E-state index contributed by atoms with van der Waals surface area (Å²) in [5.74, 6) is -2.80. The fraction of sp³-hybridized carbons (Fsp3) is 0.250. The van der Waals surface area contributed by atoms with Gasteiger partial charge in [0, 0.05) is 0 Å². The molecule has 11 nitrogen and oxygen atoms in total. The van der Waals surface area contributed by atoms with Crippen molar-refractivity contribution in [3.63, 3.8) is 0 Å². The average molecular weight is 481 g/mol. The summed E-state index contributed by atoms with van der Waals surface area (Å²) in [6.07, 6.45) is 1.35. The van der Waals surface area contributed by atoms with Crippen molar-refractivity contribution in [1.29, 1.82) is 0 Å². The summed E-state index contributed by atoms with van der Waals surface area (Å²) in [7, 11) is -2.78. The second-order valence-electron chi connectivity index (χ2n) is 6.58. The monoisotopic (exact) mass is 481 g/mol. The van der Waals surface area contributed by atoms with E-state index in [0.717, 1.165) is 25.2 Å². The van der Waals surface area contributed by atoms with E-state index in [4.69, 9.17) is 13.9 Å². The van der Waals surface area contributed by atoms with Crippen LogP contribution in [0, 0.1) is 5.82 Å². The predicted octanol–water partition coefficient (Wildman–Crippen LogP) is 1.35. The molecule has 33 heavy (non-hydrogen) atoms. The highest BCUT2D eigenvalue weighted by Crippen LogP contribution is 2.28. The number of halogens is 1. The molecule has 0 fully saturated rings. The van der Waals surface area contributed by atoms with Crippen molar-refractivity contribution in [1.82, 2.24) is 15.4 Å². The summed E-state index contributed by atoms with van der Waals surface area (Å²) < 4.78 is 55.6. The molecular formula is C20H20FN3O8S. The molecule has 0 bridgehead atoms. The highest BCUT2D eigenvalue weighted by molar-refractivity contribution is 7.89. The van der Waals surface area contributed by atoms with Crippen LogP contribution in [0.4, 0.5) is 9.18 Å². The maximum Gasteiger partial charge on any atom is 0.341 e. The Balaban J connectivity index is 1.92. The molecule has 1 aliphatic heterocycles. The molecule has 0 aliphatic carbocycles. The summed E-state index contributed by atoms with van der Waals surface area (Å²) in [5.41, 5.74) is -0.829. The Kier molecular flexibility index (Phi) is 7.13. The quantitative estimate of drug-likeness (QED) is 0.478. The Morgan fingerprint density at radius 1 is 1.21 bits per heavy atom. The number of amides is 2. The first kappa shape index (κ1) is 23.9. The molecule has 0 radical (unpaired) electrons. The molecule has 1 aromatic heterocycles. The first-order valence-electron chi connectivity index (χ1n) is 9.59. The molecule has 176 valence electrons. The number of esters is 2. The summed E-state index contributed by atoms with van der Waals surface area (Å²) in [6.45, 7) is 0.982. The van der Waals surface area contributed by atoms with Gasteiger partial charge in [0.05, 0.1) is 34.6 Å². The standard InChI is InChI=1S/C20H20FN3O8S/c1-3-30-19(26)16-14(23-20(27)24-17(16)15-5-4-8-31-15)10-32-18(25)12-9-11(6-7-13(12)21)33(28,29)22-2/h4-9,17,22H,3,10H2,1-2H3,(H2,23,24,27). The fourth-order valence-corrected chi connectivity index (χ4v) is 3.77. The Morgan fingerprint density at radius 3 is 2.61 bits per heavy atom. The Morgan fingerprint density at radius 2 is 1.97 bits per heavy atom. The molecule has 3 N–H and O–H groups in total. The van der Waals surface area contributed by atoms with Crippen LogP contribution in [0.3, 0.4) is 0 Å². The molecular weight excluding hydrogens is 461 g/mol. The Labute approximate surface area is 188 Å². The van der Waals surface area contributed by atoms with Crippen molar-refractivity contribution in [3.8, 4) is 0 Å². The summed E-state index contributed by atoms with van der Waals surface area (Å²) in [6, 6.07) is 3.97. The van der Waals surface area contributed by atoms with Crippen LogP contribution >= 0.6 is 0 Å². The van der Waals surface area contributed by atoms with Crippen molar-refractivity contribution in [2.45, 2.75) is 17.9 Å². The van der Waals surface area contributed by atoms with Gasteiger partial charge in [0.2, 0.25) is 10.0 Å². The molecule has 1 aliphatic rings. The van der Waals surface area contributed by atoms with E-state index in [9.17, 15) is 27.2 Å². The molecule has 1 atom stereocenters. The Bertz CT molecular complexity index is 1210. The molecule has 2 aromatic rings. The SMILES string of the molecule is CCOC(=O)C1=C(COC(=O)c2cc(S(=O)(=O)NC)ccc2F)NC(=O)NC1c1ccco1. The summed E-state index contributed by atoms with van der Waals surface area (Å²) >= 11 is 0. The number of ether oxygens (including phenoxy) is 2. The van der Waals surface area contributed by atoms with Crippen LogP contribution in [-0.4, -0.2) is 46.6 Å². The third-order valence-electron chi connectivity index (χ3n) is 4.56. The minimum atomic E-state index is -3.94. The highest BCUT2D eigenvalue weighted by atomic mass is 32.2. The zero-order valence-electron chi connectivity index (χ0n) is 17.5. The van der Waals surface area contributed by atoms with Gasteiger partial charge in [-0.3, -0.25) is 0 Å². The number of sulfonamides is 1. The topological polar surface area (TPSA) is 153 Å². The third kappa shape index (κ3) is 5.21. The van der Waals surface area contributed by atoms with Crippen LogP contribution < -0.4 is 15.4 Å². The number of nitrogens with one attached hydrogen (secondary N) is 3. The lowest BCUT2D eigenvalue weighted by Gasteiger charge is -2.27. The van der Waals surface area contributed by atoms with Crippen molar-refractivity contribution >= 4 is 28.0 Å². The number of carbonyl (C=O) groups is 3. The molecule has 0 spiro atoms. The van der Waals surface area contributed by atoms with Gasteiger partial charge in [0.15, 0.2) is 0 Å². The van der Waals surface area contributed by atoms with Crippen LogP contribution in [0.5, 0.6) is 0 Å². The molecule has 0 saturated heterocycles. The Hall–Kier alpha value is -3.71. The zero-order chi connectivity index (χ0) is 24.2. The minimum Gasteiger partial charge on any atom is -0.467 e. The second kappa shape index (κ2) is 9.83. The van der Waals surface area contributed by atoms with E-state index in [-0.39, 0.29) is 28.5 Å². The van der Waals surface area contributed by atoms with Crippen LogP contribution in [0.1, 0.15) is 29.1 Å².